The molecule has 5 nitrogen and oxygen atoms in total. The summed E-state index contributed by atoms with van der Waals surface area (Å²) < 4.78 is 20.7. The topological polar surface area (TPSA) is 87.1 Å². The maximum Gasteiger partial charge on any atom is 0.307 e. The lowest BCUT2D eigenvalue weighted by molar-refractivity contribution is -0.138. The first-order valence-electron chi connectivity index (χ1n) is 7.83. The van der Waals surface area contributed by atoms with Crippen LogP contribution in [0, 0.1) is 30.0 Å². The molecule has 1 aliphatic carbocycles. The molecule has 2 atom stereocenters. The van der Waals surface area contributed by atoms with Crippen LogP contribution in [0.25, 0.3) is 22.2 Å². The van der Waals surface area contributed by atoms with E-state index in [4.69, 9.17) is 9.52 Å². The van der Waals surface area contributed by atoms with Crippen molar-refractivity contribution >= 4 is 17.1 Å². The Morgan fingerprint density at radius 3 is 2.72 bits per heavy atom. The fourth-order valence-electron chi connectivity index (χ4n) is 3.22. The van der Waals surface area contributed by atoms with E-state index in [1.54, 1.807) is 31.2 Å². The van der Waals surface area contributed by atoms with Crippen molar-refractivity contribution in [3.05, 3.63) is 53.2 Å². The van der Waals surface area contributed by atoms with Gasteiger partial charge in [0.15, 0.2) is 17.3 Å². The molecule has 0 aliphatic heterocycles. The zero-order chi connectivity index (χ0) is 17.7. The first-order valence-corrected chi connectivity index (χ1v) is 7.83. The van der Waals surface area contributed by atoms with Crippen molar-refractivity contribution in [2.45, 2.75) is 19.3 Å². The van der Waals surface area contributed by atoms with Crippen molar-refractivity contribution in [3.8, 4) is 17.2 Å². The monoisotopic (exact) mass is 336 g/mol. The molecule has 25 heavy (non-hydrogen) atoms. The number of aliphatic carboxylic acids is 1. The van der Waals surface area contributed by atoms with Crippen molar-refractivity contribution in [1.82, 2.24) is 4.98 Å². The van der Waals surface area contributed by atoms with Gasteiger partial charge in [-0.15, -0.1) is 0 Å². The third-order valence-electron chi connectivity index (χ3n) is 4.65. The van der Waals surface area contributed by atoms with Gasteiger partial charge < -0.3 is 9.52 Å². The molecular formula is C19H13FN2O3. The van der Waals surface area contributed by atoms with Crippen LogP contribution in [0.4, 0.5) is 4.39 Å². The minimum Gasteiger partial charge on any atom is -0.481 e. The van der Waals surface area contributed by atoms with Crippen molar-refractivity contribution in [2.75, 3.05) is 0 Å². The summed E-state index contributed by atoms with van der Waals surface area (Å²) in [5.74, 6) is -2.24. The number of aromatic nitrogens is 1. The minimum atomic E-state index is -0.922. The number of rotatable bonds is 3. The van der Waals surface area contributed by atoms with Crippen LogP contribution in [0.1, 0.15) is 29.4 Å². The molecule has 1 aliphatic rings. The van der Waals surface area contributed by atoms with Crippen LogP contribution in [-0.2, 0) is 4.79 Å². The molecule has 0 bridgehead atoms. The summed E-state index contributed by atoms with van der Waals surface area (Å²) in [6, 6.07) is 11.0. The lowest BCUT2D eigenvalue weighted by Gasteiger charge is -2.09. The lowest BCUT2D eigenvalue weighted by Crippen LogP contribution is -1.98. The molecule has 1 aromatic heterocycles. The number of nitrogens with zero attached hydrogens (tertiary/aromatic N) is 2. The largest absolute Gasteiger partial charge is 0.481 e. The number of benzene rings is 2. The van der Waals surface area contributed by atoms with Crippen molar-refractivity contribution in [3.63, 3.8) is 0 Å². The number of carboxylic acids is 1. The molecule has 3 aromatic rings. The van der Waals surface area contributed by atoms with Gasteiger partial charge in [-0.3, -0.25) is 4.79 Å². The van der Waals surface area contributed by atoms with Gasteiger partial charge >= 0.3 is 5.97 Å². The predicted octanol–water partition coefficient (Wildman–Crippen LogP) is 4.00. The second-order valence-electron chi connectivity index (χ2n) is 6.18. The Bertz CT molecular complexity index is 1050. The fraction of sp³-hybridized carbons (Fsp3) is 0.211. The highest BCUT2D eigenvalue weighted by Crippen LogP contribution is 2.48. The Morgan fingerprint density at radius 2 is 2.12 bits per heavy atom. The summed E-state index contributed by atoms with van der Waals surface area (Å²) in [6.07, 6.45) is 0.413. The molecule has 0 unspecified atom stereocenters. The standard InChI is InChI=1S/C19H13FN2O3/c1-9-13(8-21)16-17(15(20)14(9)10-5-3-2-4-6-10)25-18(22-16)11-7-12(11)19(23)24/h2-6,11-12H,7H2,1H3,(H,23,24)/t11-,12-/m1/s1. The third kappa shape index (κ3) is 2.28. The van der Waals surface area contributed by atoms with E-state index in [0.29, 0.717) is 23.1 Å². The molecule has 1 fully saturated rings. The highest BCUT2D eigenvalue weighted by atomic mass is 19.1. The molecule has 1 heterocycles. The number of hydrogen-bond donors (Lipinski definition) is 1. The number of halogens is 1. The van der Waals surface area contributed by atoms with Gasteiger partial charge in [0.05, 0.1) is 11.5 Å². The highest BCUT2D eigenvalue weighted by Gasteiger charge is 2.48. The molecular weight excluding hydrogens is 323 g/mol. The molecule has 1 N–H and O–H groups in total. The van der Waals surface area contributed by atoms with E-state index < -0.39 is 17.7 Å². The fourth-order valence-corrected chi connectivity index (χ4v) is 3.22. The SMILES string of the molecule is Cc1c(-c2ccccc2)c(F)c2oc([C@@H]3C[C@H]3C(=O)O)nc2c1C#N. The van der Waals surface area contributed by atoms with Gasteiger partial charge in [-0.1, -0.05) is 30.3 Å². The van der Waals surface area contributed by atoms with Crippen LogP contribution in [-0.4, -0.2) is 16.1 Å². The Labute approximate surface area is 142 Å². The van der Waals surface area contributed by atoms with Gasteiger partial charge in [0, 0.05) is 11.5 Å². The average molecular weight is 336 g/mol. The van der Waals surface area contributed by atoms with Gasteiger partial charge in [-0.25, -0.2) is 9.37 Å². The summed E-state index contributed by atoms with van der Waals surface area (Å²) in [5, 5.41) is 18.6. The third-order valence-corrected chi connectivity index (χ3v) is 4.65. The molecule has 4 rings (SSSR count). The highest BCUT2D eigenvalue weighted by molar-refractivity contribution is 5.89. The summed E-state index contributed by atoms with van der Waals surface area (Å²) in [5.41, 5.74) is 1.75. The number of carbonyl (C=O) groups is 1. The van der Waals surface area contributed by atoms with E-state index >= 15 is 4.39 Å². The molecule has 6 heteroatoms. The maximum absolute atomic E-state index is 15.1. The minimum absolute atomic E-state index is 0.0907. The summed E-state index contributed by atoms with van der Waals surface area (Å²) in [7, 11) is 0. The van der Waals surface area contributed by atoms with Gasteiger partial charge in [0.25, 0.3) is 0 Å². The quantitative estimate of drug-likeness (QED) is 0.781. The second-order valence-corrected chi connectivity index (χ2v) is 6.18. The van der Waals surface area contributed by atoms with Gasteiger partial charge in [-0.2, -0.15) is 5.26 Å². The molecule has 0 saturated heterocycles. The molecule has 0 amide bonds. The summed E-state index contributed by atoms with van der Waals surface area (Å²) in [4.78, 5) is 15.3. The zero-order valence-electron chi connectivity index (χ0n) is 13.3. The van der Waals surface area contributed by atoms with Gasteiger partial charge in [0.2, 0.25) is 0 Å². The van der Waals surface area contributed by atoms with E-state index in [0.717, 1.165) is 0 Å². The molecule has 1 saturated carbocycles. The normalized spacial score (nSPS) is 18.9. The van der Waals surface area contributed by atoms with Crippen LogP contribution in [0.15, 0.2) is 34.7 Å². The first-order chi connectivity index (χ1) is 12.0. The lowest BCUT2D eigenvalue weighted by atomic mass is 9.95. The van der Waals surface area contributed by atoms with E-state index in [1.165, 1.54) is 0 Å². The smallest absolute Gasteiger partial charge is 0.307 e. The molecule has 0 radical (unpaired) electrons. The van der Waals surface area contributed by atoms with Crippen LogP contribution >= 0.6 is 0 Å². The Balaban J connectivity index is 1.95. The zero-order valence-corrected chi connectivity index (χ0v) is 13.3. The average Bonchev–Trinajstić information content (AvgIpc) is 3.29. The van der Waals surface area contributed by atoms with Crippen LogP contribution < -0.4 is 0 Å². The maximum atomic E-state index is 15.1. The molecule has 124 valence electrons. The van der Waals surface area contributed by atoms with E-state index in [9.17, 15) is 10.1 Å². The van der Waals surface area contributed by atoms with Crippen LogP contribution in [0.2, 0.25) is 0 Å². The van der Waals surface area contributed by atoms with E-state index in [1.807, 2.05) is 6.07 Å². The van der Waals surface area contributed by atoms with E-state index in [2.05, 4.69) is 11.1 Å². The van der Waals surface area contributed by atoms with Crippen molar-refractivity contribution in [2.24, 2.45) is 5.92 Å². The van der Waals surface area contributed by atoms with E-state index in [-0.39, 0.29) is 28.5 Å². The van der Waals surface area contributed by atoms with Crippen molar-refractivity contribution in [1.29, 1.82) is 5.26 Å². The molecule has 2 aromatic carbocycles. The number of hydrogen-bond acceptors (Lipinski definition) is 4. The van der Waals surface area contributed by atoms with Crippen LogP contribution in [0.5, 0.6) is 0 Å². The molecule has 0 spiro atoms. The summed E-state index contributed by atoms with van der Waals surface area (Å²) in [6.45, 7) is 1.68. The number of fused-ring (bicyclic) bond motifs is 1. The van der Waals surface area contributed by atoms with Gasteiger partial charge in [0.1, 0.15) is 11.6 Å². The van der Waals surface area contributed by atoms with Crippen LogP contribution in [0.3, 0.4) is 0 Å². The number of carboxylic acid groups (broad SMARTS) is 1. The Kier molecular flexibility index (Phi) is 3.32. The first kappa shape index (κ1) is 15.3. The Hall–Kier alpha value is -3.20. The summed E-state index contributed by atoms with van der Waals surface area (Å²) >= 11 is 0. The number of oxazole rings is 1. The predicted molar refractivity (Wildman–Crippen MR) is 87.3 cm³/mol. The Morgan fingerprint density at radius 1 is 1.40 bits per heavy atom. The van der Waals surface area contributed by atoms with Gasteiger partial charge in [-0.05, 0) is 24.5 Å². The second kappa shape index (κ2) is 5.42. The number of nitriles is 1. The van der Waals surface area contributed by atoms with Crippen molar-refractivity contribution < 1.29 is 18.7 Å².